The minimum atomic E-state index is -0.893. The fraction of sp³-hybridized carbons (Fsp3) is 0.316. The molecular formula is C19H23F3IN3O. The van der Waals surface area contributed by atoms with Gasteiger partial charge in [0.25, 0.3) is 0 Å². The SMILES string of the molecule is CN=C(NCc1ccc(F)c(COC)c1)NC(C)c1ccc(F)c(F)c1.I. The molecule has 2 aromatic rings. The minimum Gasteiger partial charge on any atom is -0.380 e. The molecule has 0 saturated heterocycles. The molecule has 8 heteroatoms. The molecule has 2 aromatic carbocycles. The number of benzene rings is 2. The van der Waals surface area contributed by atoms with E-state index in [4.69, 9.17) is 4.74 Å². The van der Waals surface area contributed by atoms with E-state index in [0.717, 1.165) is 17.7 Å². The van der Waals surface area contributed by atoms with Crippen LogP contribution in [0.5, 0.6) is 0 Å². The van der Waals surface area contributed by atoms with Gasteiger partial charge in [-0.3, -0.25) is 4.99 Å². The first-order chi connectivity index (χ1) is 12.4. The Labute approximate surface area is 174 Å². The number of methoxy groups -OCH3 is 1. The van der Waals surface area contributed by atoms with Gasteiger partial charge in [-0.2, -0.15) is 0 Å². The summed E-state index contributed by atoms with van der Waals surface area (Å²) in [5, 5.41) is 6.21. The zero-order chi connectivity index (χ0) is 19.1. The van der Waals surface area contributed by atoms with E-state index in [-0.39, 0.29) is 42.4 Å². The number of aliphatic imine (C=N–C) groups is 1. The predicted octanol–water partition coefficient (Wildman–Crippen LogP) is 4.29. The van der Waals surface area contributed by atoms with Crippen LogP contribution in [-0.2, 0) is 17.9 Å². The molecule has 2 rings (SSSR count). The smallest absolute Gasteiger partial charge is 0.191 e. The van der Waals surface area contributed by atoms with Crippen LogP contribution in [0.3, 0.4) is 0 Å². The molecule has 27 heavy (non-hydrogen) atoms. The van der Waals surface area contributed by atoms with Crippen LogP contribution in [0.25, 0.3) is 0 Å². The lowest BCUT2D eigenvalue weighted by molar-refractivity contribution is 0.181. The van der Waals surface area contributed by atoms with Crippen LogP contribution >= 0.6 is 24.0 Å². The monoisotopic (exact) mass is 493 g/mol. The van der Waals surface area contributed by atoms with E-state index in [1.165, 1.54) is 19.2 Å². The zero-order valence-electron chi connectivity index (χ0n) is 15.4. The standard InChI is InChI=1S/C19H22F3N3O.HI/c1-12(14-5-7-17(21)18(22)9-14)25-19(23-2)24-10-13-4-6-16(20)15(8-13)11-26-3;/h4-9,12H,10-11H2,1-3H3,(H2,23,24,25);1H. The van der Waals surface area contributed by atoms with E-state index in [1.807, 2.05) is 6.92 Å². The average Bonchev–Trinajstić information content (AvgIpc) is 2.63. The van der Waals surface area contributed by atoms with Gasteiger partial charge >= 0.3 is 0 Å². The molecule has 1 unspecified atom stereocenters. The highest BCUT2D eigenvalue weighted by Gasteiger charge is 2.11. The summed E-state index contributed by atoms with van der Waals surface area (Å²) >= 11 is 0. The maximum atomic E-state index is 13.6. The Morgan fingerprint density at radius 1 is 1.07 bits per heavy atom. The summed E-state index contributed by atoms with van der Waals surface area (Å²) in [5.41, 5.74) is 1.93. The van der Waals surface area contributed by atoms with Crippen molar-refractivity contribution in [2.24, 2.45) is 4.99 Å². The molecule has 0 aliphatic carbocycles. The molecule has 148 valence electrons. The van der Waals surface area contributed by atoms with E-state index in [0.29, 0.717) is 23.6 Å². The summed E-state index contributed by atoms with van der Waals surface area (Å²) in [6, 6.07) is 8.26. The molecule has 0 aliphatic heterocycles. The van der Waals surface area contributed by atoms with Crippen molar-refractivity contribution in [3.63, 3.8) is 0 Å². The second-order valence-corrected chi connectivity index (χ2v) is 5.82. The van der Waals surface area contributed by atoms with E-state index in [1.54, 1.807) is 19.2 Å². The molecule has 4 nitrogen and oxygen atoms in total. The Bertz CT molecular complexity index is 787. The summed E-state index contributed by atoms with van der Waals surface area (Å²) in [6.45, 7) is 2.43. The van der Waals surface area contributed by atoms with Crippen LogP contribution in [0.2, 0.25) is 0 Å². The summed E-state index contributed by atoms with van der Waals surface area (Å²) in [4.78, 5) is 4.11. The molecule has 1 atom stereocenters. The number of hydrogen-bond acceptors (Lipinski definition) is 2. The largest absolute Gasteiger partial charge is 0.380 e. The number of halogens is 4. The lowest BCUT2D eigenvalue weighted by Crippen LogP contribution is -2.38. The van der Waals surface area contributed by atoms with Gasteiger partial charge in [0, 0.05) is 26.3 Å². The third kappa shape index (κ3) is 6.69. The number of hydrogen-bond donors (Lipinski definition) is 2. The first-order valence-electron chi connectivity index (χ1n) is 8.13. The van der Waals surface area contributed by atoms with Crippen molar-refractivity contribution >= 4 is 29.9 Å². The Hall–Kier alpha value is -1.81. The van der Waals surface area contributed by atoms with Crippen LogP contribution in [0.15, 0.2) is 41.4 Å². The molecule has 0 aliphatic rings. The van der Waals surface area contributed by atoms with Gasteiger partial charge in [0.15, 0.2) is 17.6 Å². The van der Waals surface area contributed by atoms with E-state index in [2.05, 4.69) is 15.6 Å². The van der Waals surface area contributed by atoms with E-state index < -0.39 is 11.6 Å². The number of guanidine groups is 1. The number of nitrogens with one attached hydrogen (secondary N) is 2. The fourth-order valence-corrected chi connectivity index (χ4v) is 2.45. The highest BCUT2D eigenvalue weighted by molar-refractivity contribution is 14.0. The number of ether oxygens (including phenoxy) is 1. The van der Waals surface area contributed by atoms with E-state index >= 15 is 0 Å². The average molecular weight is 493 g/mol. The summed E-state index contributed by atoms with van der Waals surface area (Å²) in [5.74, 6) is -1.60. The fourth-order valence-electron chi connectivity index (χ4n) is 2.45. The topological polar surface area (TPSA) is 45.7 Å². The molecule has 0 radical (unpaired) electrons. The second kappa shape index (κ2) is 11.1. The molecule has 0 heterocycles. The summed E-state index contributed by atoms with van der Waals surface area (Å²) < 4.78 is 45.0. The van der Waals surface area contributed by atoms with Crippen molar-refractivity contribution in [2.45, 2.75) is 26.1 Å². The minimum absolute atomic E-state index is 0. The Morgan fingerprint density at radius 2 is 1.78 bits per heavy atom. The molecule has 0 aromatic heterocycles. The van der Waals surface area contributed by atoms with Gasteiger partial charge in [0.2, 0.25) is 0 Å². The van der Waals surface area contributed by atoms with Crippen molar-refractivity contribution in [2.75, 3.05) is 14.2 Å². The Morgan fingerprint density at radius 3 is 2.41 bits per heavy atom. The van der Waals surface area contributed by atoms with Gasteiger partial charge in [-0.1, -0.05) is 12.1 Å². The normalized spacial score (nSPS) is 12.3. The van der Waals surface area contributed by atoms with E-state index in [9.17, 15) is 13.2 Å². The molecule has 0 saturated carbocycles. The Kier molecular flexibility index (Phi) is 9.57. The van der Waals surface area contributed by atoms with Crippen LogP contribution in [0.4, 0.5) is 13.2 Å². The van der Waals surface area contributed by atoms with Crippen molar-refractivity contribution in [1.82, 2.24) is 10.6 Å². The quantitative estimate of drug-likeness (QED) is 0.359. The number of rotatable bonds is 6. The van der Waals surface area contributed by atoms with Crippen molar-refractivity contribution in [1.29, 1.82) is 0 Å². The first-order valence-corrected chi connectivity index (χ1v) is 8.13. The van der Waals surface area contributed by atoms with Gasteiger partial charge in [0.1, 0.15) is 5.82 Å². The van der Waals surface area contributed by atoms with Crippen molar-refractivity contribution in [3.05, 3.63) is 70.5 Å². The zero-order valence-corrected chi connectivity index (χ0v) is 17.7. The molecular weight excluding hydrogens is 470 g/mol. The van der Waals surface area contributed by atoms with Gasteiger partial charge in [-0.05, 0) is 42.3 Å². The molecule has 0 fully saturated rings. The Balaban J connectivity index is 0.00000364. The van der Waals surface area contributed by atoms with Crippen molar-refractivity contribution in [3.8, 4) is 0 Å². The highest BCUT2D eigenvalue weighted by Crippen LogP contribution is 2.16. The van der Waals surface area contributed by atoms with Gasteiger partial charge in [-0.25, -0.2) is 13.2 Å². The van der Waals surface area contributed by atoms with Crippen LogP contribution in [0.1, 0.15) is 29.7 Å². The van der Waals surface area contributed by atoms with Crippen molar-refractivity contribution < 1.29 is 17.9 Å². The highest BCUT2D eigenvalue weighted by atomic mass is 127. The summed E-state index contributed by atoms with van der Waals surface area (Å²) in [6.07, 6.45) is 0. The third-order valence-corrected chi connectivity index (χ3v) is 3.89. The lowest BCUT2D eigenvalue weighted by Gasteiger charge is -2.18. The van der Waals surface area contributed by atoms with Crippen LogP contribution < -0.4 is 10.6 Å². The first kappa shape index (κ1) is 23.2. The number of nitrogens with zero attached hydrogens (tertiary/aromatic N) is 1. The molecule has 0 bridgehead atoms. The predicted molar refractivity (Wildman–Crippen MR) is 111 cm³/mol. The molecule has 2 N–H and O–H groups in total. The van der Waals surface area contributed by atoms with Gasteiger partial charge in [0.05, 0.1) is 12.6 Å². The second-order valence-electron chi connectivity index (χ2n) is 5.82. The maximum Gasteiger partial charge on any atom is 0.191 e. The van der Waals surface area contributed by atoms with Crippen LogP contribution in [-0.4, -0.2) is 20.1 Å². The summed E-state index contributed by atoms with van der Waals surface area (Å²) in [7, 11) is 3.12. The van der Waals surface area contributed by atoms with Crippen LogP contribution in [0, 0.1) is 17.5 Å². The molecule has 0 amide bonds. The lowest BCUT2D eigenvalue weighted by atomic mass is 10.1. The maximum absolute atomic E-state index is 13.6. The van der Waals surface area contributed by atoms with Gasteiger partial charge < -0.3 is 15.4 Å². The molecule has 0 spiro atoms. The third-order valence-electron chi connectivity index (χ3n) is 3.89. The van der Waals surface area contributed by atoms with Gasteiger partial charge in [-0.15, -0.1) is 24.0 Å².